The van der Waals surface area contributed by atoms with Gasteiger partial charge in [0.15, 0.2) is 0 Å². The number of hydrogen-bond donors (Lipinski definition) is 1. The van der Waals surface area contributed by atoms with Crippen LogP contribution in [0.4, 0.5) is 4.79 Å². The highest BCUT2D eigenvalue weighted by Gasteiger charge is 2.36. The summed E-state index contributed by atoms with van der Waals surface area (Å²) in [6.07, 6.45) is 7.61. The average Bonchev–Trinajstić information content (AvgIpc) is 2.71. The van der Waals surface area contributed by atoms with Gasteiger partial charge in [-0.25, -0.2) is 4.79 Å². The van der Waals surface area contributed by atoms with Gasteiger partial charge in [-0.1, -0.05) is 31.9 Å². The zero-order valence-corrected chi connectivity index (χ0v) is 16.4. The van der Waals surface area contributed by atoms with Crippen molar-refractivity contribution in [3.8, 4) is 0 Å². The lowest BCUT2D eigenvalue weighted by atomic mass is 9.91. The zero-order chi connectivity index (χ0) is 19.9. The molecule has 0 spiro atoms. The summed E-state index contributed by atoms with van der Waals surface area (Å²) < 4.78 is 5.31. The van der Waals surface area contributed by atoms with Crippen molar-refractivity contribution in [1.29, 1.82) is 0 Å². The fourth-order valence-electron chi connectivity index (χ4n) is 3.46. The maximum absolute atomic E-state index is 12.6. The van der Waals surface area contributed by atoms with Gasteiger partial charge in [-0.2, -0.15) is 4.99 Å². The van der Waals surface area contributed by atoms with E-state index in [0.717, 1.165) is 52.1 Å². The molecule has 0 radical (unpaired) electrons. The number of morpholine rings is 1. The van der Waals surface area contributed by atoms with Crippen molar-refractivity contribution >= 4 is 23.6 Å². The Morgan fingerprint density at radius 1 is 1.25 bits per heavy atom. The monoisotopic (exact) mass is 388 g/mol. The Hall–Kier alpha value is -2.32. The number of nitrogens with one attached hydrogen (secondary N) is 1. The van der Waals surface area contributed by atoms with Crippen LogP contribution in [0.2, 0.25) is 0 Å². The van der Waals surface area contributed by atoms with E-state index in [9.17, 15) is 14.4 Å². The zero-order valence-electron chi connectivity index (χ0n) is 16.4. The summed E-state index contributed by atoms with van der Waals surface area (Å²) in [4.78, 5) is 44.8. The second-order valence-electron chi connectivity index (χ2n) is 7.16. The van der Waals surface area contributed by atoms with Crippen molar-refractivity contribution in [2.75, 3.05) is 45.9 Å². The number of urea groups is 1. The molecule has 0 aromatic heterocycles. The van der Waals surface area contributed by atoms with Crippen LogP contribution < -0.4 is 5.32 Å². The number of aliphatic imine (C=N–C) groups is 1. The second-order valence-corrected chi connectivity index (χ2v) is 7.16. The van der Waals surface area contributed by atoms with Gasteiger partial charge in [0.2, 0.25) is 5.91 Å². The first kappa shape index (κ1) is 20.4. The number of fused-ring (bicyclic) bond motifs is 1. The highest BCUT2D eigenvalue weighted by atomic mass is 16.5. The number of nitrogens with zero attached hydrogens (tertiary/aromatic N) is 3. The summed E-state index contributed by atoms with van der Waals surface area (Å²) in [7, 11) is 0. The first-order chi connectivity index (χ1) is 13.6. The molecule has 8 heteroatoms. The van der Waals surface area contributed by atoms with Crippen LogP contribution in [-0.2, 0) is 14.3 Å². The van der Waals surface area contributed by atoms with Crippen molar-refractivity contribution in [3.63, 3.8) is 0 Å². The average molecular weight is 388 g/mol. The fourth-order valence-corrected chi connectivity index (χ4v) is 3.46. The van der Waals surface area contributed by atoms with Gasteiger partial charge in [0.25, 0.3) is 5.91 Å². The fraction of sp³-hybridized carbons (Fsp3) is 0.600. The molecule has 152 valence electrons. The number of ether oxygens (including phenoxy) is 1. The van der Waals surface area contributed by atoms with E-state index in [4.69, 9.17) is 4.74 Å². The Balaban J connectivity index is 1.56. The van der Waals surface area contributed by atoms with Crippen molar-refractivity contribution in [2.45, 2.75) is 26.2 Å². The van der Waals surface area contributed by atoms with E-state index in [1.165, 1.54) is 4.90 Å². The Morgan fingerprint density at radius 3 is 2.79 bits per heavy atom. The molecule has 0 aromatic rings. The summed E-state index contributed by atoms with van der Waals surface area (Å²) in [6.45, 7) is 6.94. The van der Waals surface area contributed by atoms with Crippen LogP contribution >= 0.6 is 0 Å². The van der Waals surface area contributed by atoms with E-state index in [0.29, 0.717) is 24.4 Å². The van der Waals surface area contributed by atoms with Gasteiger partial charge >= 0.3 is 6.03 Å². The van der Waals surface area contributed by atoms with Gasteiger partial charge in [0.05, 0.1) is 24.8 Å². The van der Waals surface area contributed by atoms with Gasteiger partial charge in [-0.3, -0.25) is 19.4 Å². The summed E-state index contributed by atoms with van der Waals surface area (Å²) in [5.74, 6) is -1.06. The quantitative estimate of drug-likeness (QED) is 0.630. The smallest absolute Gasteiger partial charge is 0.350 e. The molecule has 4 amide bonds. The van der Waals surface area contributed by atoms with Crippen LogP contribution in [0.15, 0.2) is 28.8 Å². The number of hydrogen-bond acceptors (Lipinski definition) is 5. The van der Waals surface area contributed by atoms with E-state index in [1.54, 1.807) is 18.2 Å². The van der Waals surface area contributed by atoms with Crippen LogP contribution in [0.3, 0.4) is 0 Å². The normalized spacial score (nSPS) is 22.6. The molecule has 28 heavy (non-hydrogen) atoms. The molecule has 0 bridgehead atoms. The van der Waals surface area contributed by atoms with Crippen LogP contribution in [0.1, 0.15) is 26.2 Å². The van der Waals surface area contributed by atoms with Crippen molar-refractivity contribution in [2.24, 2.45) is 10.9 Å². The third-order valence-electron chi connectivity index (χ3n) is 5.14. The lowest BCUT2D eigenvalue weighted by molar-refractivity contribution is -0.129. The minimum absolute atomic E-state index is 0.226. The molecule has 3 rings (SSSR count). The summed E-state index contributed by atoms with van der Waals surface area (Å²) >= 11 is 0. The molecular formula is C20H28N4O4. The molecule has 3 aliphatic rings. The molecule has 2 heterocycles. The Kier molecular flexibility index (Phi) is 7.11. The first-order valence-electron chi connectivity index (χ1n) is 10.0. The molecular weight excluding hydrogens is 360 g/mol. The Morgan fingerprint density at radius 2 is 2.04 bits per heavy atom. The molecule has 1 unspecified atom stereocenters. The summed E-state index contributed by atoms with van der Waals surface area (Å²) in [6, 6.07) is -0.536. The van der Waals surface area contributed by atoms with Crippen LogP contribution in [0.25, 0.3) is 0 Å². The van der Waals surface area contributed by atoms with Crippen molar-refractivity contribution in [1.82, 2.24) is 15.1 Å². The number of imide groups is 1. The number of rotatable bonds is 8. The SMILES string of the molecule is CCCCCN1C(=O)N=C2C=C(C(=O)NCCN3CCOCC3)C=CC2C1=O. The third-order valence-corrected chi connectivity index (χ3v) is 5.14. The Labute approximate surface area is 165 Å². The van der Waals surface area contributed by atoms with E-state index < -0.39 is 11.9 Å². The van der Waals surface area contributed by atoms with Gasteiger partial charge in [-0.05, 0) is 12.5 Å². The molecule has 2 aliphatic heterocycles. The molecule has 1 aliphatic carbocycles. The second kappa shape index (κ2) is 9.75. The number of unbranched alkanes of at least 4 members (excludes halogenated alkanes) is 2. The maximum atomic E-state index is 12.6. The standard InChI is InChI=1S/C20H28N4O4/c1-2-3-4-8-24-19(26)16-6-5-15(14-17(16)22-20(24)27)18(25)21-7-9-23-10-12-28-13-11-23/h5-6,14,16H,2-4,7-13H2,1H3,(H,21,25). The largest absolute Gasteiger partial charge is 0.379 e. The number of carbonyl (C=O) groups is 3. The highest BCUT2D eigenvalue weighted by Crippen LogP contribution is 2.22. The van der Waals surface area contributed by atoms with Gasteiger partial charge < -0.3 is 10.1 Å². The van der Waals surface area contributed by atoms with E-state index in [1.807, 2.05) is 0 Å². The van der Waals surface area contributed by atoms with Gasteiger partial charge in [0.1, 0.15) is 0 Å². The minimum Gasteiger partial charge on any atom is -0.379 e. The summed E-state index contributed by atoms with van der Waals surface area (Å²) in [5.41, 5.74) is 0.764. The lowest BCUT2D eigenvalue weighted by Gasteiger charge is -2.29. The van der Waals surface area contributed by atoms with E-state index >= 15 is 0 Å². The number of amides is 4. The number of allylic oxidation sites excluding steroid dienone is 1. The van der Waals surface area contributed by atoms with Crippen LogP contribution in [-0.4, -0.2) is 79.3 Å². The number of carbonyl (C=O) groups excluding carboxylic acids is 3. The minimum atomic E-state index is -0.579. The molecule has 1 fully saturated rings. The molecule has 1 N–H and O–H groups in total. The van der Waals surface area contributed by atoms with Gasteiger partial charge in [0, 0.05) is 38.3 Å². The molecule has 1 saturated heterocycles. The molecule has 1 atom stereocenters. The van der Waals surface area contributed by atoms with Crippen LogP contribution in [0.5, 0.6) is 0 Å². The third kappa shape index (κ3) is 4.94. The Bertz CT molecular complexity index is 707. The van der Waals surface area contributed by atoms with Gasteiger partial charge in [-0.15, -0.1) is 0 Å². The molecule has 0 saturated carbocycles. The predicted molar refractivity (Wildman–Crippen MR) is 105 cm³/mol. The van der Waals surface area contributed by atoms with Crippen molar-refractivity contribution < 1.29 is 19.1 Å². The maximum Gasteiger partial charge on any atom is 0.350 e. The molecule has 0 aromatic carbocycles. The highest BCUT2D eigenvalue weighted by molar-refractivity contribution is 6.23. The first-order valence-corrected chi connectivity index (χ1v) is 10.0. The van der Waals surface area contributed by atoms with Crippen LogP contribution in [0, 0.1) is 5.92 Å². The van der Waals surface area contributed by atoms with E-state index in [2.05, 4.69) is 22.1 Å². The topological polar surface area (TPSA) is 91.3 Å². The van der Waals surface area contributed by atoms with Crippen molar-refractivity contribution in [3.05, 3.63) is 23.8 Å². The summed E-state index contributed by atoms with van der Waals surface area (Å²) in [5, 5.41) is 2.88. The van der Waals surface area contributed by atoms with E-state index in [-0.39, 0.29) is 11.8 Å². The molecule has 8 nitrogen and oxygen atoms in total. The lowest BCUT2D eigenvalue weighted by Crippen LogP contribution is -2.47. The predicted octanol–water partition coefficient (Wildman–Crippen LogP) is 1.14.